The van der Waals surface area contributed by atoms with Crippen LogP contribution in [0.5, 0.6) is 0 Å². The predicted octanol–water partition coefficient (Wildman–Crippen LogP) is -2.04. The lowest BCUT2D eigenvalue weighted by molar-refractivity contribution is -0.115. The van der Waals surface area contributed by atoms with Gasteiger partial charge in [-0.3, -0.25) is 28.6 Å². The van der Waals surface area contributed by atoms with Crippen molar-refractivity contribution in [1.82, 2.24) is 39.7 Å². The van der Waals surface area contributed by atoms with Gasteiger partial charge in [0.2, 0.25) is 5.95 Å². The molecule has 2 aliphatic rings. The third-order valence-corrected chi connectivity index (χ3v) is 9.11. The molecule has 46 heavy (non-hydrogen) atoms. The van der Waals surface area contributed by atoms with Gasteiger partial charge in [-0.25, -0.2) is 19.9 Å². The second-order valence-electron chi connectivity index (χ2n) is 11.2. The van der Waals surface area contributed by atoms with E-state index in [1.165, 1.54) is 33.9 Å². The first-order valence-corrected chi connectivity index (χ1v) is 16.9. The highest BCUT2D eigenvalue weighted by Gasteiger charge is 2.44. The van der Waals surface area contributed by atoms with Crippen molar-refractivity contribution in [2.45, 2.75) is 43.9 Å². The van der Waals surface area contributed by atoms with Gasteiger partial charge in [0.1, 0.15) is 36.0 Å². The normalized spacial score (nSPS) is 22.5. The smallest absolute Gasteiger partial charge is 0.339 e. The number of aliphatic hydroxyl groups excluding tert-OH is 2. The Balaban J connectivity index is 1.14. The van der Waals surface area contributed by atoms with Crippen molar-refractivity contribution in [3.8, 4) is 0 Å². The van der Waals surface area contributed by atoms with Crippen LogP contribution in [0.25, 0.3) is 11.2 Å². The quantitative estimate of drug-likeness (QED) is 0.0734. The molecular formula is C24H35N12O8PS. The second-order valence-corrected chi connectivity index (χ2v) is 14.0. The summed E-state index contributed by atoms with van der Waals surface area (Å²) >= 11 is 1.35. The van der Waals surface area contributed by atoms with E-state index in [1.807, 2.05) is 0 Å². The fourth-order valence-electron chi connectivity index (χ4n) is 5.09. The number of aliphatic imine (C=N–C) groups is 1. The van der Waals surface area contributed by atoms with Gasteiger partial charge in [-0.1, -0.05) is 0 Å². The Morgan fingerprint density at radius 3 is 2.72 bits per heavy atom. The molecular weight excluding hydrogens is 647 g/mol. The van der Waals surface area contributed by atoms with Crippen LogP contribution in [0.1, 0.15) is 20.1 Å². The lowest BCUT2D eigenvalue weighted by Gasteiger charge is -2.32. The number of carbonyl (C=O) groups is 1. The minimum Gasteiger partial charge on any atom is -0.387 e. The highest BCUT2D eigenvalue weighted by molar-refractivity contribution is 7.99. The van der Waals surface area contributed by atoms with Gasteiger partial charge in [0.25, 0.3) is 11.5 Å². The number of anilines is 3. The highest BCUT2D eigenvalue weighted by atomic mass is 32.2. The maximum absolute atomic E-state index is 13.0. The van der Waals surface area contributed by atoms with Crippen molar-refractivity contribution < 1.29 is 34.1 Å². The molecule has 22 heteroatoms. The average Bonchev–Trinajstić information content (AvgIpc) is 3.50. The second kappa shape index (κ2) is 13.2. The fraction of sp³-hybridized carbons (Fsp3) is 0.542. The number of fused-ring (bicyclic) bond motifs is 2. The number of H-pyrrole nitrogens is 1. The van der Waals surface area contributed by atoms with Gasteiger partial charge in [0.15, 0.2) is 29.2 Å². The van der Waals surface area contributed by atoms with Crippen LogP contribution in [0.2, 0.25) is 0 Å². The molecule has 0 aromatic carbocycles. The Morgan fingerprint density at radius 1 is 1.22 bits per heavy atom. The van der Waals surface area contributed by atoms with Crippen molar-refractivity contribution in [3.05, 3.63) is 23.0 Å². The summed E-state index contributed by atoms with van der Waals surface area (Å²) in [7, 11) is -4.44. The van der Waals surface area contributed by atoms with Crippen LogP contribution in [0.15, 0.2) is 22.4 Å². The minimum atomic E-state index is -4.44. The summed E-state index contributed by atoms with van der Waals surface area (Å²) in [5, 5.41) is 27.0. The molecule has 5 heterocycles. The van der Waals surface area contributed by atoms with Gasteiger partial charge in [-0.2, -0.15) is 16.7 Å². The summed E-state index contributed by atoms with van der Waals surface area (Å²) < 4.78 is 19.2. The first-order chi connectivity index (χ1) is 21.6. The monoisotopic (exact) mass is 682 g/mol. The van der Waals surface area contributed by atoms with E-state index < -0.39 is 55.4 Å². The molecule has 0 saturated carbocycles. The van der Waals surface area contributed by atoms with E-state index in [2.05, 4.69) is 40.5 Å². The SMILES string of the molecule is CC1(C)Nc2nc(N)[nH]c(=O)c2N=C1C(=O)NCCN(CCSC[C@H]1O[C@@H](n2cnc3c(N)ncnc32)[C@H](O)[C@@H]1O)CP(=O)(O)O. The van der Waals surface area contributed by atoms with Crippen molar-refractivity contribution in [3.63, 3.8) is 0 Å². The molecule has 0 radical (unpaired) electrons. The Morgan fingerprint density at radius 2 is 1.98 bits per heavy atom. The number of thioether (sulfide) groups is 1. The van der Waals surface area contributed by atoms with Crippen molar-refractivity contribution in [1.29, 1.82) is 0 Å². The molecule has 11 N–H and O–H groups in total. The van der Waals surface area contributed by atoms with Crippen molar-refractivity contribution >= 4 is 65.4 Å². The minimum absolute atomic E-state index is 0.0179. The number of ether oxygens (including phenoxy) is 1. The van der Waals surface area contributed by atoms with E-state index in [9.17, 15) is 34.2 Å². The molecule has 5 rings (SSSR count). The van der Waals surface area contributed by atoms with Gasteiger partial charge in [0.05, 0.1) is 18.0 Å². The third kappa shape index (κ3) is 7.31. The Labute approximate surface area is 265 Å². The van der Waals surface area contributed by atoms with E-state index in [4.69, 9.17) is 16.2 Å². The van der Waals surface area contributed by atoms with E-state index in [0.29, 0.717) is 16.9 Å². The summed E-state index contributed by atoms with van der Waals surface area (Å²) in [5.74, 6) is 0.281. The van der Waals surface area contributed by atoms with Crippen LogP contribution in [0, 0.1) is 0 Å². The number of nitrogens with two attached hydrogens (primary N) is 2. The molecule has 0 bridgehead atoms. The lowest BCUT2D eigenvalue weighted by atomic mass is 9.95. The van der Waals surface area contributed by atoms with Crippen LogP contribution in [0.4, 0.5) is 23.3 Å². The largest absolute Gasteiger partial charge is 0.387 e. The Kier molecular flexibility index (Phi) is 9.66. The number of aliphatic hydroxyl groups is 2. The van der Waals surface area contributed by atoms with Crippen LogP contribution in [0.3, 0.4) is 0 Å². The molecule has 3 aromatic rings. The first-order valence-electron chi connectivity index (χ1n) is 14.0. The van der Waals surface area contributed by atoms with Gasteiger partial charge >= 0.3 is 7.60 Å². The molecule has 1 amide bonds. The van der Waals surface area contributed by atoms with Crippen molar-refractivity contribution in [2.24, 2.45) is 4.99 Å². The molecule has 0 spiro atoms. The van der Waals surface area contributed by atoms with E-state index in [0.717, 1.165) is 0 Å². The molecule has 3 aromatic heterocycles. The summed E-state index contributed by atoms with van der Waals surface area (Å²) in [5.41, 5.74) is 10.4. The topological polar surface area (TPSA) is 305 Å². The molecule has 250 valence electrons. The number of imidazole rings is 1. The number of carbonyl (C=O) groups excluding carboxylic acids is 1. The molecule has 1 fully saturated rings. The van der Waals surface area contributed by atoms with Gasteiger partial charge in [-0.05, 0) is 13.8 Å². The van der Waals surface area contributed by atoms with Crippen LogP contribution >= 0.6 is 19.4 Å². The van der Waals surface area contributed by atoms with Crippen LogP contribution in [-0.4, -0.2) is 127 Å². The molecule has 4 atom stereocenters. The number of nitrogens with one attached hydrogen (secondary N) is 3. The summed E-state index contributed by atoms with van der Waals surface area (Å²) in [6.07, 6.45) is -2.10. The maximum Gasteiger partial charge on any atom is 0.339 e. The van der Waals surface area contributed by atoms with Gasteiger partial charge < -0.3 is 46.8 Å². The van der Waals surface area contributed by atoms with Gasteiger partial charge in [0, 0.05) is 31.1 Å². The number of nitrogens with zero attached hydrogens (tertiary/aromatic N) is 7. The number of aromatic amines is 1. The number of aromatic nitrogens is 6. The summed E-state index contributed by atoms with van der Waals surface area (Å²) in [4.78, 5) is 68.8. The lowest BCUT2D eigenvalue weighted by Crippen LogP contribution is -2.51. The number of rotatable bonds is 12. The standard InChI is InChI=1S/C24H35N12O8PS/c1-24(2)16(31-13-18(34-24)32-23(26)33-20(13)39)21(40)27-3-4-35(10-45(41,42)43)5-6-46-7-11-14(37)15(38)22(44-11)36-9-30-12-17(25)28-8-29-19(12)36/h8-9,11,14-15,22,37-38H,3-7,10H2,1-2H3,(H,27,40)(H2,25,28,29)(H2,41,42,43)(H4,26,32,33,34,39)/t11-,14-,15-,22-/m1/s1. The Hall–Kier alpha value is -3.69. The molecule has 20 nitrogen and oxygen atoms in total. The van der Waals surface area contributed by atoms with E-state index in [1.54, 1.807) is 13.8 Å². The van der Waals surface area contributed by atoms with Crippen molar-refractivity contribution in [2.75, 3.05) is 54.2 Å². The maximum atomic E-state index is 13.0. The fourth-order valence-corrected chi connectivity index (χ4v) is 6.95. The van der Waals surface area contributed by atoms with E-state index >= 15 is 0 Å². The number of nitrogen functional groups attached to an aromatic ring is 2. The number of hydrogen-bond donors (Lipinski definition) is 9. The number of amides is 1. The average molecular weight is 683 g/mol. The summed E-state index contributed by atoms with van der Waals surface area (Å²) in [6.45, 7) is 3.70. The zero-order valence-electron chi connectivity index (χ0n) is 24.8. The number of hydrogen-bond acceptors (Lipinski definition) is 16. The zero-order chi connectivity index (χ0) is 33.4. The summed E-state index contributed by atoms with van der Waals surface area (Å²) in [6, 6.07) is 0. The molecule has 0 aliphatic carbocycles. The molecule has 2 aliphatic heterocycles. The third-order valence-electron chi connectivity index (χ3n) is 7.31. The molecule has 0 unspecified atom stereocenters. The zero-order valence-corrected chi connectivity index (χ0v) is 26.5. The Bertz CT molecular complexity index is 1750. The van der Waals surface area contributed by atoms with E-state index in [-0.39, 0.29) is 54.4 Å². The van der Waals surface area contributed by atoms with Crippen LogP contribution in [-0.2, 0) is 14.1 Å². The predicted molar refractivity (Wildman–Crippen MR) is 169 cm³/mol. The molecule has 1 saturated heterocycles. The first kappa shape index (κ1) is 33.7. The highest BCUT2D eigenvalue weighted by Crippen LogP contribution is 2.36. The van der Waals surface area contributed by atoms with Gasteiger partial charge in [-0.15, -0.1) is 0 Å². The van der Waals surface area contributed by atoms with Crippen LogP contribution < -0.4 is 27.7 Å².